The van der Waals surface area contributed by atoms with E-state index in [4.69, 9.17) is 11.6 Å². The Labute approximate surface area is 181 Å². The predicted molar refractivity (Wildman–Crippen MR) is 110 cm³/mol. The standard InChI is InChI=1S/C18H20ClF3N4O2S2/c1-25(2)12-3-4-18(12)5-6-26(9-18)11-7-10(20)16(15(22)14(11)19)30(27,28)24-17-23-8-13(21)29-17/h7-8,12H,3-6,9H2,1-2H3,(H,23,24)/t12-,18+/m1/s1. The Balaban J connectivity index is 1.64. The Morgan fingerprint density at radius 2 is 2.07 bits per heavy atom. The maximum absolute atomic E-state index is 15.0. The van der Waals surface area contributed by atoms with Crippen LogP contribution in [0.5, 0.6) is 0 Å². The second-order valence-electron chi connectivity index (χ2n) is 7.96. The molecule has 6 nitrogen and oxygen atoms in total. The fourth-order valence-corrected chi connectivity index (χ4v) is 6.83. The smallest absolute Gasteiger partial charge is 0.269 e. The summed E-state index contributed by atoms with van der Waals surface area (Å²) in [6.45, 7) is 1.17. The summed E-state index contributed by atoms with van der Waals surface area (Å²) in [7, 11) is -0.658. The summed E-state index contributed by atoms with van der Waals surface area (Å²) < 4.78 is 69.7. The maximum atomic E-state index is 15.0. The first-order valence-electron chi connectivity index (χ1n) is 9.27. The minimum Gasteiger partial charge on any atom is -0.370 e. The Hall–Kier alpha value is -1.56. The Kier molecular flexibility index (Phi) is 5.44. The van der Waals surface area contributed by atoms with Crippen molar-refractivity contribution in [1.82, 2.24) is 9.88 Å². The van der Waals surface area contributed by atoms with Crippen LogP contribution in [0.25, 0.3) is 0 Å². The monoisotopic (exact) mass is 480 g/mol. The van der Waals surface area contributed by atoms with Gasteiger partial charge in [0, 0.05) is 30.6 Å². The zero-order valence-electron chi connectivity index (χ0n) is 16.3. The maximum Gasteiger partial charge on any atom is 0.269 e. The molecule has 2 atom stereocenters. The molecule has 1 aromatic carbocycles. The van der Waals surface area contributed by atoms with Gasteiger partial charge >= 0.3 is 0 Å². The highest BCUT2D eigenvalue weighted by Crippen LogP contribution is 2.52. The second kappa shape index (κ2) is 7.54. The number of hydrogen-bond donors (Lipinski definition) is 1. The van der Waals surface area contributed by atoms with Crippen molar-refractivity contribution in [3.05, 3.63) is 34.1 Å². The van der Waals surface area contributed by atoms with Crippen LogP contribution in [0.1, 0.15) is 19.3 Å². The molecule has 0 unspecified atom stereocenters. The topological polar surface area (TPSA) is 65.5 Å². The molecule has 12 heteroatoms. The van der Waals surface area contributed by atoms with Crippen molar-refractivity contribution >= 4 is 43.8 Å². The van der Waals surface area contributed by atoms with Gasteiger partial charge in [0.1, 0.15) is 10.8 Å². The van der Waals surface area contributed by atoms with E-state index in [0.29, 0.717) is 30.5 Å². The molecule has 1 N–H and O–H groups in total. The van der Waals surface area contributed by atoms with E-state index in [9.17, 15) is 21.6 Å². The fraction of sp³-hybridized carbons (Fsp3) is 0.500. The molecule has 0 radical (unpaired) electrons. The van der Waals surface area contributed by atoms with E-state index in [2.05, 4.69) is 9.88 Å². The SMILES string of the molecule is CN(C)[C@@H]1CC[C@@]12CCN(c1cc(F)c(S(=O)(=O)Nc3ncc(F)s3)c(F)c1Cl)C2. The number of aromatic nitrogens is 1. The van der Waals surface area contributed by atoms with Gasteiger partial charge in [0.15, 0.2) is 21.0 Å². The number of anilines is 2. The van der Waals surface area contributed by atoms with Crippen molar-refractivity contribution in [2.45, 2.75) is 30.2 Å². The molecule has 1 aliphatic carbocycles. The van der Waals surface area contributed by atoms with Gasteiger partial charge in [-0.25, -0.2) is 22.2 Å². The largest absolute Gasteiger partial charge is 0.370 e. The number of halogens is 4. The third-order valence-electron chi connectivity index (χ3n) is 6.04. The highest BCUT2D eigenvalue weighted by Gasteiger charge is 2.52. The van der Waals surface area contributed by atoms with Gasteiger partial charge in [-0.15, -0.1) is 0 Å². The minimum absolute atomic E-state index is 0.0427. The molecule has 30 heavy (non-hydrogen) atoms. The molecule has 1 spiro atoms. The third kappa shape index (κ3) is 3.55. The molecule has 1 saturated heterocycles. The molecule has 1 aliphatic heterocycles. The van der Waals surface area contributed by atoms with Crippen molar-refractivity contribution in [2.24, 2.45) is 5.41 Å². The van der Waals surface area contributed by atoms with Gasteiger partial charge in [-0.2, -0.15) is 4.39 Å². The summed E-state index contributed by atoms with van der Waals surface area (Å²) in [5, 5.41) is -1.54. The van der Waals surface area contributed by atoms with Crippen molar-refractivity contribution in [3.8, 4) is 0 Å². The summed E-state index contributed by atoms with van der Waals surface area (Å²) in [4.78, 5) is 6.27. The zero-order valence-corrected chi connectivity index (χ0v) is 18.6. The number of benzene rings is 1. The average Bonchev–Trinajstić information content (AvgIpc) is 3.24. The quantitative estimate of drug-likeness (QED) is 0.657. The van der Waals surface area contributed by atoms with Crippen LogP contribution >= 0.6 is 22.9 Å². The molecule has 0 bridgehead atoms. The first-order chi connectivity index (χ1) is 14.0. The second-order valence-corrected chi connectivity index (χ2v) is 10.9. The molecular weight excluding hydrogens is 461 g/mol. The van der Waals surface area contributed by atoms with Crippen LogP contribution in [0.3, 0.4) is 0 Å². The Bertz CT molecular complexity index is 1100. The van der Waals surface area contributed by atoms with E-state index in [1.165, 1.54) is 0 Å². The lowest BCUT2D eigenvalue weighted by Crippen LogP contribution is -2.54. The van der Waals surface area contributed by atoms with E-state index < -0.39 is 36.7 Å². The molecule has 1 aromatic heterocycles. The van der Waals surface area contributed by atoms with Crippen molar-refractivity contribution in [2.75, 3.05) is 36.8 Å². The third-order valence-corrected chi connectivity index (χ3v) is 8.60. The van der Waals surface area contributed by atoms with Gasteiger partial charge in [-0.05, 0) is 33.4 Å². The van der Waals surface area contributed by atoms with Crippen LogP contribution in [0.4, 0.5) is 24.0 Å². The van der Waals surface area contributed by atoms with Crippen LogP contribution < -0.4 is 9.62 Å². The summed E-state index contributed by atoms with van der Waals surface area (Å²) in [6.07, 6.45) is 3.76. The van der Waals surface area contributed by atoms with Gasteiger partial charge in [-0.3, -0.25) is 4.72 Å². The Morgan fingerprint density at radius 1 is 1.33 bits per heavy atom. The number of thiazole rings is 1. The number of nitrogens with zero attached hydrogens (tertiary/aromatic N) is 3. The van der Waals surface area contributed by atoms with Crippen molar-refractivity contribution < 1.29 is 21.6 Å². The number of rotatable bonds is 5. The molecule has 2 aliphatic rings. The van der Waals surface area contributed by atoms with Crippen LogP contribution in [-0.2, 0) is 10.0 Å². The molecule has 1 saturated carbocycles. The molecule has 0 amide bonds. The van der Waals surface area contributed by atoms with Crippen LogP contribution in [0.2, 0.25) is 5.02 Å². The van der Waals surface area contributed by atoms with Gasteiger partial charge in [0.2, 0.25) is 0 Å². The van der Waals surface area contributed by atoms with Gasteiger partial charge in [-0.1, -0.05) is 22.9 Å². The molecule has 2 heterocycles. The summed E-state index contributed by atoms with van der Waals surface area (Å²) in [6, 6.07) is 1.34. The van der Waals surface area contributed by atoms with E-state index in [0.717, 1.165) is 31.5 Å². The highest BCUT2D eigenvalue weighted by molar-refractivity contribution is 7.93. The van der Waals surface area contributed by atoms with Crippen molar-refractivity contribution in [1.29, 1.82) is 0 Å². The lowest BCUT2D eigenvalue weighted by Gasteiger charge is -2.50. The lowest BCUT2D eigenvalue weighted by atomic mass is 9.63. The summed E-state index contributed by atoms with van der Waals surface area (Å²) in [5.41, 5.74) is 0.174. The van der Waals surface area contributed by atoms with E-state index in [-0.39, 0.29) is 16.2 Å². The summed E-state index contributed by atoms with van der Waals surface area (Å²) >= 11 is 6.56. The van der Waals surface area contributed by atoms with E-state index in [1.54, 1.807) is 0 Å². The molecule has 164 valence electrons. The van der Waals surface area contributed by atoms with Crippen molar-refractivity contribution in [3.63, 3.8) is 0 Å². The normalized spacial score (nSPS) is 24.0. The summed E-state index contributed by atoms with van der Waals surface area (Å²) in [5.74, 6) is -2.65. The van der Waals surface area contributed by atoms with E-state index >= 15 is 0 Å². The predicted octanol–water partition coefficient (Wildman–Crippen LogP) is 3.94. The zero-order chi connectivity index (χ0) is 21.8. The molecule has 2 fully saturated rings. The first-order valence-corrected chi connectivity index (χ1v) is 11.9. The highest BCUT2D eigenvalue weighted by atomic mass is 35.5. The van der Waals surface area contributed by atoms with Gasteiger partial charge in [0.05, 0.1) is 11.9 Å². The fourth-order valence-electron chi connectivity index (χ4n) is 4.58. The van der Waals surface area contributed by atoms with Crippen LogP contribution in [-0.4, -0.2) is 51.5 Å². The average molecular weight is 481 g/mol. The van der Waals surface area contributed by atoms with Gasteiger partial charge in [0.25, 0.3) is 10.0 Å². The minimum atomic E-state index is -4.69. The Morgan fingerprint density at radius 3 is 2.63 bits per heavy atom. The van der Waals surface area contributed by atoms with Gasteiger partial charge < -0.3 is 9.80 Å². The first kappa shape index (κ1) is 21.7. The molecular formula is C18H20ClF3N4O2S2. The molecule has 2 aromatic rings. The number of hydrogen-bond acceptors (Lipinski definition) is 6. The van der Waals surface area contributed by atoms with Crippen LogP contribution in [0.15, 0.2) is 17.2 Å². The number of sulfonamides is 1. The molecule has 4 rings (SSSR count). The van der Waals surface area contributed by atoms with E-state index in [1.807, 2.05) is 23.7 Å². The van der Waals surface area contributed by atoms with Crippen LogP contribution in [0, 0.1) is 22.2 Å². The lowest BCUT2D eigenvalue weighted by molar-refractivity contribution is 0.0177. The number of nitrogens with one attached hydrogen (secondary N) is 1.